The summed E-state index contributed by atoms with van der Waals surface area (Å²) >= 11 is 0. The smallest absolute Gasteiger partial charge is 0.267 e. The van der Waals surface area contributed by atoms with Crippen molar-refractivity contribution in [2.24, 2.45) is 0 Å². The summed E-state index contributed by atoms with van der Waals surface area (Å²) in [5.41, 5.74) is 0. The molecule has 0 spiro atoms. The lowest BCUT2D eigenvalue weighted by Gasteiger charge is -2.38. The maximum atomic E-state index is 12.9. The van der Waals surface area contributed by atoms with Crippen LogP contribution in [0.2, 0.25) is 0 Å². The first-order chi connectivity index (χ1) is 13.1. The van der Waals surface area contributed by atoms with Gasteiger partial charge in [-0.15, -0.1) is 0 Å². The Balaban J connectivity index is 1.33. The van der Waals surface area contributed by atoms with Crippen molar-refractivity contribution < 1.29 is 23.5 Å². The maximum absolute atomic E-state index is 12.9. The van der Waals surface area contributed by atoms with E-state index in [1.54, 1.807) is 23.1 Å². The van der Waals surface area contributed by atoms with Gasteiger partial charge in [-0.05, 0) is 31.2 Å². The SMILES string of the molecule is CC1Oc2ccccc2OC1C(=O)N1CCN(CC(=O)c2ccco2)CC1. The van der Waals surface area contributed by atoms with Crippen LogP contribution in [0.3, 0.4) is 0 Å². The summed E-state index contributed by atoms with van der Waals surface area (Å²) in [6.07, 6.45) is 0.484. The first kappa shape index (κ1) is 17.6. The molecule has 2 unspecified atom stereocenters. The second-order valence-corrected chi connectivity index (χ2v) is 6.81. The van der Waals surface area contributed by atoms with E-state index in [1.165, 1.54) is 6.26 Å². The monoisotopic (exact) mass is 370 g/mol. The Morgan fingerprint density at radius 3 is 2.37 bits per heavy atom. The van der Waals surface area contributed by atoms with Crippen molar-refractivity contribution in [1.29, 1.82) is 0 Å². The van der Waals surface area contributed by atoms with Gasteiger partial charge in [0.05, 0.1) is 12.8 Å². The number of para-hydroxylation sites is 2. The average Bonchev–Trinajstić information content (AvgIpc) is 3.22. The van der Waals surface area contributed by atoms with Gasteiger partial charge < -0.3 is 18.8 Å². The van der Waals surface area contributed by atoms with E-state index in [0.717, 1.165) is 0 Å². The van der Waals surface area contributed by atoms with Crippen molar-refractivity contribution in [2.75, 3.05) is 32.7 Å². The zero-order chi connectivity index (χ0) is 18.8. The molecule has 1 fully saturated rings. The molecular formula is C20H22N2O5. The summed E-state index contributed by atoms with van der Waals surface area (Å²) in [6.45, 7) is 4.52. The highest BCUT2D eigenvalue weighted by Crippen LogP contribution is 2.34. The van der Waals surface area contributed by atoms with E-state index >= 15 is 0 Å². The number of hydrogen-bond acceptors (Lipinski definition) is 6. The molecule has 0 bridgehead atoms. The van der Waals surface area contributed by atoms with Gasteiger partial charge in [-0.2, -0.15) is 0 Å². The normalized spacial score (nSPS) is 22.5. The van der Waals surface area contributed by atoms with Crippen LogP contribution in [0.15, 0.2) is 47.1 Å². The van der Waals surface area contributed by atoms with Crippen molar-refractivity contribution in [3.63, 3.8) is 0 Å². The molecule has 0 radical (unpaired) electrons. The quantitative estimate of drug-likeness (QED) is 0.765. The van der Waals surface area contributed by atoms with Gasteiger partial charge in [0.25, 0.3) is 5.91 Å². The summed E-state index contributed by atoms with van der Waals surface area (Å²) in [5.74, 6) is 1.50. The van der Waals surface area contributed by atoms with E-state index in [0.29, 0.717) is 50.0 Å². The Morgan fingerprint density at radius 2 is 1.70 bits per heavy atom. The molecule has 1 amide bonds. The van der Waals surface area contributed by atoms with Crippen molar-refractivity contribution >= 4 is 11.7 Å². The van der Waals surface area contributed by atoms with E-state index in [-0.39, 0.29) is 17.8 Å². The van der Waals surface area contributed by atoms with E-state index in [9.17, 15) is 9.59 Å². The number of nitrogens with zero attached hydrogens (tertiary/aromatic N) is 2. The number of benzene rings is 1. The van der Waals surface area contributed by atoms with Crippen LogP contribution in [-0.4, -0.2) is 66.4 Å². The molecule has 1 aromatic heterocycles. The molecule has 7 heteroatoms. The largest absolute Gasteiger partial charge is 0.482 e. The van der Waals surface area contributed by atoms with Crippen LogP contribution < -0.4 is 9.47 Å². The number of hydrogen-bond donors (Lipinski definition) is 0. The topological polar surface area (TPSA) is 72.2 Å². The fourth-order valence-electron chi connectivity index (χ4n) is 3.42. The molecule has 27 heavy (non-hydrogen) atoms. The first-order valence-corrected chi connectivity index (χ1v) is 9.12. The number of ether oxygens (including phenoxy) is 2. The number of carbonyl (C=O) groups is 2. The predicted octanol–water partition coefficient (Wildman–Crippen LogP) is 1.84. The van der Waals surface area contributed by atoms with E-state index < -0.39 is 6.10 Å². The predicted molar refractivity (Wildman–Crippen MR) is 97.0 cm³/mol. The molecule has 0 saturated carbocycles. The lowest BCUT2D eigenvalue weighted by Crippen LogP contribution is -2.56. The number of fused-ring (bicyclic) bond motifs is 1. The van der Waals surface area contributed by atoms with Crippen LogP contribution in [0.25, 0.3) is 0 Å². The minimum atomic E-state index is -0.656. The number of furan rings is 1. The number of ketones is 1. The van der Waals surface area contributed by atoms with Gasteiger partial charge in [-0.25, -0.2) is 0 Å². The third-order valence-corrected chi connectivity index (χ3v) is 4.93. The number of rotatable bonds is 4. The van der Waals surface area contributed by atoms with Gasteiger partial charge in [0.1, 0.15) is 6.10 Å². The zero-order valence-corrected chi connectivity index (χ0v) is 15.2. The molecule has 3 heterocycles. The number of Topliss-reactive ketones (excluding diaryl/α,β-unsaturated/α-hetero) is 1. The number of piperazine rings is 1. The molecule has 2 aliphatic heterocycles. The average molecular weight is 370 g/mol. The van der Waals surface area contributed by atoms with Crippen LogP contribution in [-0.2, 0) is 4.79 Å². The van der Waals surface area contributed by atoms with Gasteiger partial charge in [0.2, 0.25) is 11.9 Å². The Kier molecular flexibility index (Phi) is 4.85. The van der Waals surface area contributed by atoms with Crippen molar-refractivity contribution in [3.8, 4) is 11.5 Å². The summed E-state index contributed by atoms with van der Waals surface area (Å²) in [5, 5.41) is 0. The molecule has 0 N–H and O–H groups in total. The Bertz CT molecular complexity index is 812. The number of carbonyl (C=O) groups excluding carboxylic acids is 2. The molecule has 1 saturated heterocycles. The van der Waals surface area contributed by atoms with Crippen LogP contribution in [0, 0.1) is 0 Å². The maximum Gasteiger partial charge on any atom is 0.267 e. The molecule has 0 aliphatic carbocycles. The van der Waals surface area contributed by atoms with Crippen LogP contribution in [0.1, 0.15) is 17.5 Å². The standard InChI is InChI=1S/C20H22N2O5/c1-14-19(27-18-6-3-2-5-17(18)26-14)20(24)22-10-8-21(9-11-22)13-15(23)16-7-4-12-25-16/h2-7,12,14,19H,8-11,13H2,1H3. The summed E-state index contributed by atoms with van der Waals surface area (Å²) in [6, 6.07) is 10.7. The van der Waals surface area contributed by atoms with Gasteiger partial charge in [-0.1, -0.05) is 12.1 Å². The molecule has 1 aromatic carbocycles. The van der Waals surface area contributed by atoms with Crippen LogP contribution in [0.5, 0.6) is 11.5 Å². The zero-order valence-electron chi connectivity index (χ0n) is 15.2. The summed E-state index contributed by atoms with van der Waals surface area (Å²) in [4.78, 5) is 28.9. The highest BCUT2D eigenvalue weighted by atomic mass is 16.6. The molecule has 4 rings (SSSR count). The minimum absolute atomic E-state index is 0.0472. The van der Waals surface area contributed by atoms with E-state index in [1.807, 2.05) is 30.0 Å². The lowest BCUT2D eigenvalue weighted by molar-refractivity contribution is -0.146. The van der Waals surface area contributed by atoms with Gasteiger partial charge in [0.15, 0.2) is 17.3 Å². The van der Waals surface area contributed by atoms with E-state index in [4.69, 9.17) is 13.9 Å². The molecule has 2 atom stereocenters. The minimum Gasteiger partial charge on any atom is -0.482 e. The molecule has 2 aromatic rings. The molecular weight excluding hydrogens is 348 g/mol. The Morgan fingerprint density at radius 1 is 1.00 bits per heavy atom. The highest BCUT2D eigenvalue weighted by Gasteiger charge is 2.37. The third kappa shape index (κ3) is 3.68. The summed E-state index contributed by atoms with van der Waals surface area (Å²) in [7, 11) is 0. The lowest BCUT2D eigenvalue weighted by atomic mass is 10.1. The van der Waals surface area contributed by atoms with Crippen molar-refractivity contribution in [1.82, 2.24) is 9.80 Å². The van der Waals surface area contributed by atoms with Crippen LogP contribution in [0.4, 0.5) is 0 Å². The Hall–Kier alpha value is -2.80. The van der Waals surface area contributed by atoms with Gasteiger partial charge in [0, 0.05) is 26.2 Å². The van der Waals surface area contributed by atoms with Gasteiger partial charge in [-0.3, -0.25) is 14.5 Å². The fourth-order valence-corrected chi connectivity index (χ4v) is 3.42. The van der Waals surface area contributed by atoms with Crippen LogP contribution >= 0.6 is 0 Å². The molecule has 142 valence electrons. The van der Waals surface area contributed by atoms with Gasteiger partial charge >= 0.3 is 0 Å². The second-order valence-electron chi connectivity index (χ2n) is 6.81. The fraction of sp³-hybridized carbons (Fsp3) is 0.400. The first-order valence-electron chi connectivity index (χ1n) is 9.12. The second kappa shape index (κ2) is 7.44. The van der Waals surface area contributed by atoms with Crippen molar-refractivity contribution in [2.45, 2.75) is 19.1 Å². The summed E-state index contributed by atoms with van der Waals surface area (Å²) < 4.78 is 16.9. The van der Waals surface area contributed by atoms with Crippen molar-refractivity contribution in [3.05, 3.63) is 48.4 Å². The molecule has 7 nitrogen and oxygen atoms in total. The van der Waals surface area contributed by atoms with E-state index in [2.05, 4.69) is 0 Å². The third-order valence-electron chi connectivity index (χ3n) is 4.93. The Labute approximate surface area is 157 Å². The highest BCUT2D eigenvalue weighted by molar-refractivity contribution is 5.95. The molecule has 2 aliphatic rings. The number of amides is 1.